The maximum Gasteiger partial charge on any atom is 0.490 e. The molecule has 3 aromatic carbocycles. The van der Waals surface area contributed by atoms with Crippen LogP contribution in [0, 0.1) is 17.0 Å². The third-order valence-corrected chi connectivity index (χ3v) is 11.3. The number of aliphatic carboxylic acids is 1. The lowest BCUT2D eigenvalue weighted by Crippen LogP contribution is -2.52. The molecule has 0 amide bonds. The Balaban J connectivity index is 0.000000871. The summed E-state index contributed by atoms with van der Waals surface area (Å²) in [6.45, 7) is -0.0277. The number of nitrogens with zero attached hydrogens (tertiary/aromatic N) is 2. The molecule has 1 aromatic heterocycles. The molecule has 4 heterocycles. The number of hydrogen-bond donors (Lipinski definition) is 2. The minimum Gasteiger partial charge on any atom is -0.619 e. The Morgan fingerprint density at radius 3 is 2.08 bits per heavy atom. The minimum atomic E-state index is -5.08. The standard InChI is InChI=1S/C41H41Cl2F2N3O8.C2HF3O2/c1-52-30-11-6-26(7-12-30)38(40(50)55-37-22-47-16-14-25(37)15-17-47)46-29-9-4-27(5-10-29)39(49)54-35(19-31-32(42)20-48(51)21-33(31)43)28-8-13-34(56-41(44)45)36(18-28)53-23-24-2-3-24;3-2(4,5)1(6)7/h4-13,18,20-21,24-25,35,37-38,41,46H,2-3,14-17,19,22-23H2,1H3;(H,6,7)/t35?,37-,38?;/m0./s1. The first kappa shape index (κ1) is 46.9. The number of esters is 2. The predicted molar refractivity (Wildman–Crippen MR) is 217 cm³/mol. The molecule has 2 N–H and O–H groups in total. The van der Waals surface area contributed by atoms with Crippen molar-refractivity contribution in [2.24, 2.45) is 11.8 Å². The summed E-state index contributed by atoms with van der Waals surface area (Å²) in [5.41, 5.74) is 2.13. The number of methoxy groups -OCH3 is 1. The molecule has 2 bridgehead atoms. The molecule has 3 aliphatic heterocycles. The van der Waals surface area contributed by atoms with E-state index in [2.05, 4.69) is 10.2 Å². The quantitative estimate of drug-likeness (QED) is 0.0478. The molecule has 4 aliphatic rings. The first-order chi connectivity index (χ1) is 30.0. The average molecular weight is 927 g/mol. The summed E-state index contributed by atoms with van der Waals surface area (Å²) in [5, 5.41) is 22.5. The number of carbonyl (C=O) groups excluding carboxylic acids is 2. The summed E-state index contributed by atoms with van der Waals surface area (Å²) >= 11 is 12.8. The number of hydrogen-bond acceptors (Lipinski definition) is 11. The number of benzene rings is 3. The maximum atomic E-state index is 13.8. The summed E-state index contributed by atoms with van der Waals surface area (Å²) < 4.78 is 86.8. The largest absolute Gasteiger partial charge is 0.619 e. The minimum absolute atomic E-state index is 0.0466. The third kappa shape index (κ3) is 13.0. The van der Waals surface area contributed by atoms with Crippen LogP contribution in [-0.4, -0.2) is 80.2 Å². The van der Waals surface area contributed by atoms with Crippen molar-refractivity contribution in [1.29, 1.82) is 0 Å². The van der Waals surface area contributed by atoms with Crippen LogP contribution in [0.2, 0.25) is 10.0 Å². The Hall–Kier alpha value is -5.59. The van der Waals surface area contributed by atoms with Gasteiger partial charge in [0.15, 0.2) is 29.9 Å². The molecule has 1 aliphatic carbocycles. The number of pyridine rings is 1. The third-order valence-electron chi connectivity index (χ3n) is 10.6. The Morgan fingerprint density at radius 1 is 0.921 bits per heavy atom. The molecule has 4 aromatic rings. The molecule has 8 rings (SSSR count). The van der Waals surface area contributed by atoms with Crippen molar-refractivity contribution < 1.29 is 69.9 Å². The van der Waals surface area contributed by atoms with E-state index in [1.165, 1.54) is 18.2 Å². The molecule has 1 saturated carbocycles. The number of nitrogens with one attached hydrogen (secondary N) is 1. The van der Waals surface area contributed by atoms with Gasteiger partial charge >= 0.3 is 30.7 Å². The van der Waals surface area contributed by atoms with E-state index < -0.39 is 42.8 Å². The van der Waals surface area contributed by atoms with E-state index in [9.17, 15) is 36.7 Å². The van der Waals surface area contributed by atoms with Crippen LogP contribution in [0.3, 0.4) is 0 Å². The fourth-order valence-electron chi connectivity index (χ4n) is 7.06. The number of anilines is 1. The van der Waals surface area contributed by atoms with Crippen LogP contribution in [0.1, 0.15) is 64.9 Å². The Kier molecular flexibility index (Phi) is 15.4. The van der Waals surface area contributed by atoms with Gasteiger partial charge < -0.3 is 39.3 Å². The van der Waals surface area contributed by atoms with Crippen LogP contribution in [0.5, 0.6) is 17.2 Å². The van der Waals surface area contributed by atoms with Gasteiger partial charge in [-0.3, -0.25) is 4.90 Å². The number of piperidine rings is 3. The summed E-state index contributed by atoms with van der Waals surface area (Å²) in [7, 11) is 1.57. The molecular formula is C43H42Cl2F5N3O10. The van der Waals surface area contributed by atoms with Gasteiger partial charge in [-0.15, -0.1) is 0 Å². The van der Waals surface area contributed by atoms with Gasteiger partial charge in [0.1, 0.15) is 28.0 Å². The number of aromatic nitrogens is 1. The van der Waals surface area contributed by atoms with Crippen LogP contribution < -0.4 is 24.3 Å². The van der Waals surface area contributed by atoms with Gasteiger partial charge in [0.2, 0.25) is 0 Å². The molecule has 63 heavy (non-hydrogen) atoms. The zero-order valence-corrected chi connectivity index (χ0v) is 35.0. The van der Waals surface area contributed by atoms with E-state index in [4.69, 9.17) is 56.8 Å². The summed E-state index contributed by atoms with van der Waals surface area (Å²) in [6, 6.07) is 17.0. The van der Waals surface area contributed by atoms with Crippen molar-refractivity contribution in [3.63, 3.8) is 0 Å². The van der Waals surface area contributed by atoms with E-state index in [-0.39, 0.29) is 39.6 Å². The Labute approximate surface area is 368 Å². The number of rotatable bonds is 16. The van der Waals surface area contributed by atoms with Gasteiger partial charge in [-0.2, -0.15) is 26.7 Å². The normalized spacial score (nSPS) is 18.9. The molecule has 338 valence electrons. The number of alkyl halides is 5. The Morgan fingerprint density at radius 2 is 1.54 bits per heavy atom. The van der Waals surface area contributed by atoms with Crippen molar-refractivity contribution >= 4 is 46.8 Å². The highest BCUT2D eigenvalue weighted by Crippen LogP contribution is 2.38. The van der Waals surface area contributed by atoms with E-state index in [0.29, 0.717) is 57.8 Å². The van der Waals surface area contributed by atoms with Crippen LogP contribution in [0.4, 0.5) is 27.6 Å². The molecule has 4 fully saturated rings. The van der Waals surface area contributed by atoms with Crippen molar-refractivity contribution in [3.8, 4) is 17.2 Å². The molecule has 20 heteroatoms. The smallest absolute Gasteiger partial charge is 0.490 e. The Bertz CT molecular complexity index is 2200. The van der Waals surface area contributed by atoms with Crippen LogP contribution in [0.15, 0.2) is 79.1 Å². The van der Waals surface area contributed by atoms with Crippen molar-refractivity contribution in [1.82, 2.24) is 4.90 Å². The van der Waals surface area contributed by atoms with Gasteiger partial charge in [0.25, 0.3) is 0 Å². The monoisotopic (exact) mass is 925 g/mol. The highest BCUT2D eigenvalue weighted by Gasteiger charge is 2.39. The highest BCUT2D eigenvalue weighted by atomic mass is 35.5. The van der Waals surface area contributed by atoms with Crippen LogP contribution >= 0.6 is 23.2 Å². The van der Waals surface area contributed by atoms with Gasteiger partial charge in [0, 0.05) is 24.2 Å². The number of halogens is 7. The summed E-state index contributed by atoms with van der Waals surface area (Å²) in [6.07, 6.45) is -0.201. The molecule has 3 saturated heterocycles. The molecule has 2 unspecified atom stereocenters. The number of fused-ring (bicyclic) bond motifs is 3. The second-order valence-corrected chi connectivity index (χ2v) is 15.9. The zero-order valence-electron chi connectivity index (χ0n) is 33.5. The van der Waals surface area contributed by atoms with Crippen molar-refractivity contribution in [2.75, 3.05) is 38.7 Å². The highest BCUT2D eigenvalue weighted by molar-refractivity contribution is 6.35. The number of carboxylic acid groups (broad SMARTS) is 1. The fraction of sp³-hybridized carbons (Fsp3) is 0.395. The van der Waals surface area contributed by atoms with E-state index in [0.717, 1.165) is 51.2 Å². The molecule has 3 atom stereocenters. The fourth-order valence-corrected chi connectivity index (χ4v) is 7.66. The van der Waals surface area contributed by atoms with Crippen LogP contribution in [-0.2, 0) is 25.5 Å². The number of ether oxygens (including phenoxy) is 5. The summed E-state index contributed by atoms with van der Waals surface area (Å²) in [5.74, 6) is -2.70. The summed E-state index contributed by atoms with van der Waals surface area (Å²) in [4.78, 5) is 38.7. The van der Waals surface area contributed by atoms with Crippen molar-refractivity contribution in [3.05, 3.63) is 117 Å². The topological polar surface area (TPSA) is 160 Å². The average Bonchev–Trinajstić information content (AvgIpc) is 4.08. The first-order valence-corrected chi connectivity index (χ1v) is 20.5. The maximum absolute atomic E-state index is 13.8. The zero-order chi connectivity index (χ0) is 45.4. The molecule has 0 spiro atoms. The van der Waals surface area contributed by atoms with E-state index >= 15 is 0 Å². The lowest BCUT2D eigenvalue weighted by atomic mass is 9.86. The van der Waals surface area contributed by atoms with Gasteiger partial charge in [0.05, 0.1) is 19.3 Å². The predicted octanol–water partition coefficient (Wildman–Crippen LogP) is 8.59. The molecule has 0 radical (unpaired) electrons. The van der Waals surface area contributed by atoms with E-state index in [1.54, 1.807) is 55.6 Å². The van der Waals surface area contributed by atoms with Crippen molar-refractivity contribution in [2.45, 2.75) is 63.1 Å². The first-order valence-electron chi connectivity index (χ1n) is 19.7. The number of carbonyl (C=O) groups is 3. The van der Waals surface area contributed by atoms with Gasteiger partial charge in [-0.1, -0.05) is 41.4 Å². The van der Waals surface area contributed by atoms with Gasteiger partial charge in [-0.25, -0.2) is 14.4 Å². The van der Waals surface area contributed by atoms with E-state index in [1.807, 2.05) is 0 Å². The number of carboxylic acids is 1. The second-order valence-electron chi connectivity index (χ2n) is 15.1. The SMILES string of the molecule is COc1ccc(C(Nc2ccc(C(=O)OC(Cc3c(Cl)c[n+]([O-])cc3Cl)c3ccc(OC(F)F)c(OCC4CC4)c3)cc2)C(=O)O[C@H]2CN3CCC2CC3)cc1.O=C(O)C(F)(F)F. The van der Waals surface area contributed by atoms with Gasteiger partial charge in [-0.05, 0) is 110 Å². The molecular weight excluding hydrogens is 884 g/mol. The van der Waals surface area contributed by atoms with Crippen LogP contribution in [0.25, 0.3) is 0 Å². The lowest BCUT2D eigenvalue weighted by molar-refractivity contribution is -0.605. The molecule has 13 nitrogen and oxygen atoms in total. The second kappa shape index (κ2) is 20.7. The lowest BCUT2D eigenvalue weighted by Gasteiger charge is -2.44.